The van der Waals surface area contributed by atoms with Crippen LogP contribution in [0.3, 0.4) is 0 Å². The van der Waals surface area contributed by atoms with Crippen LogP contribution >= 0.6 is 23.4 Å². The number of nitrogen functional groups attached to an aromatic ring is 1. The van der Waals surface area contributed by atoms with E-state index in [1.54, 1.807) is 24.5 Å². The van der Waals surface area contributed by atoms with Gasteiger partial charge in [-0.1, -0.05) is 11.6 Å². The van der Waals surface area contributed by atoms with Gasteiger partial charge in [0.05, 0.1) is 22.7 Å². The highest BCUT2D eigenvalue weighted by molar-refractivity contribution is 8.00. The summed E-state index contributed by atoms with van der Waals surface area (Å²) in [4.78, 5) is 12.7. The molecule has 0 aliphatic rings. The second-order valence-corrected chi connectivity index (χ2v) is 5.34. The number of halogens is 1. The number of hydrogen-bond donors (Lipinski definition) is 2. The number of hydrogen-bond acceptors (Lipinski definition) is 4. The Morgan fingerprint density at radius 3 is 2.89 bits per heavy atom. The Bertz CT molecular complexity index is 598. The normalized spacial score (nSPS) is 10.4. The van der Waals surface area contributed by atoms with Crippen molar-refractivity contribution in [2.75, 3.05) is 16.8 Å². The minimum atomic E-state index is -0.104. The van der Waals surface area contributed by atoms with E-state index < -0.39 is 0 Å². The summed E-state index contributed by atoms with van der Waals surface area (Å²) in [6, 6.07) is 6.84. The molecular weight excluding hydrogens is 284 g/mol. The van der Waals surface area contributed by atoms with Crippen molar-refractivity contribution in [2.24, 2.45) is 0 Å². The SMILES string of the molecule is Cc1occc1SCC(=O)Nc1ccc(Cl)c(N)c1. The molecule has 6 heteroatoms. The zero-order chi connectivity index (χ0) is 13.8. The van der Waals surface area contributed by atoms with E-state index in [1.165, 1.54) is 11.8 Å². The number of carbonyl (C=O) groups excluding carboxylic acids is 1. The van der Waals surface area contributed by atoms with Crippen molar-refractivity contribution in [3.05, 3.63) is 41.3 Å². The molecule has 0 aliphatic heterocycles. The van der Waals surface area contributed by atoms with Crippen LogP contribution in [0.5, 0.6) is 0 Å². The minimum Gasteiger partial charge on any atom is -0.468 e. The Kier molecular flexibility index (Phi) is 4.39. The maximum Gasteiger partial charge on any atom is 0.234 e. The molecule has 0 bridgehead atoms. The molecule has 100 valence electrons. The maximum absolute atomic E-state index is 11.8. The largest absolute Gasteiger partial charge is 0.468 e. The minimum absolute atomic E-state index is 0.104. The summed E-state index contributed by atoms with van der Waals surface area (Å²) >= 11 is 7.24. The van der Waals surface area contributed by atoms with Gasteiger partial charge in [0, 0.05) is 10.6 Å². The third kappa shape index (κ3) is 3.68. The van der Waals surface area contributed by atoms with Crippen LogP contribution in [-0.2, 0) is 4.79 Å². The van der Waals surface area contributed by atoms with E-state index >= 15 is 0 Å². The van der Waals surface area contributed by atoms with Crippen molar-refractivity contribution in [3.8, 4) is 0 Å². The zero-order valence-corrected chi connectivity index (χ0v) is 11.8. The van der Waals surface area contributed by atoms with Crippen molar-refractivity contribution in [3.63, 3.8) is 0 Å². The van der Waals surface area contributed by atoms with Gasteiger partial charge in [-0.25, -0.2) is 0 Å². The van der Waals surface area contributed by atoms with Crippen LogP contribution in [0.25, 0.3) is 0 Å². The number of furan rings is 1. The number of carbonyl (C=O) groups is 1. The molecule has 0 saturated carbocycles. The van der Waals surface area contributed by atoms with Crippen molar-refractivity contribution in [1.82, 2.24) is 0 Å². The van der Waals surface area contributed by atoms with Gasteiger partial charge in [-0.15, -0.1) is 11.8 Å². The fourth-order valence-electron chi connectivity index (χ4n) is 1.48. The third-order valence-electron chi connectivity index (χ3n) is 2.45. The molecule has 1 heterocycles. The lowest BCUT2D eigenvalue weighted by Gasteiger charge is -2.06. The lowest BCUT2D eigenvalue weighted by molar-refractivity contribution is -0.113. The highest BCUT2D eigenvalue weighted by Gasteiger charge is 2.07. The Morgan fingerprint density at radius 1 is 1.47 bits per heavy atom. The first kappa shape index (κ1) is 13.8. The van der Waals surface area contributed by atoms with Gasteiger partial charge in [0.25, 0.3) is 0 Å². The van der Waals surface area contributed by atoms with E-state index in [9.17, 15) is 4.79 Å². The first-order valence-electron chi connectivity index (χ1n) is 5.58. The van der Waals surface area contributed by atoms with Gasteiger partial charge in [0.15, 0.2) is 0 Å². The Hall–Kier alpha value is -1.59. The number of thioether (sulfide) groups is 1. The smallest absolute Gasteiger partial charge is 0.234 e. The average molecular weight is 297 g/mol. The number of aryl methyl sites for hydroxylation is 1. The molecule has 1 aromatic carbocycles. The highest BCUT2D eigenvalue weighted by atomic mass is 35.5. The van der Waals surface area contributed by atoms with E-state index in [4.69, 9.17) is 21.8 Å². The first-order chi connectivity index (χ1) is 9.06. The maximum atomic E-state index is 11.8. The topological polar surface area (TPSA) is 68.3 Å². The zero-order valence-electron chi connectivity index (χ0n) is 10.3. The van der Waals surface area contributed by atoms with Crippen molar-refractivity contribution in [1.29, 1.82) is 0 Å². The predicted molar refractivity (Wildman–Crippen MR) is 78.7 cm³/mol. The number of nitrogens with two attached hydrogens (primary N) is 1. The summed E-state index contributed by atoms with van der Waals surface area (Å²) in [6.45, 7) is 1.86. The molecule has 19 heavy (non-hydrogen) atoms. The molecule has 2 rings (SSSR count). The number of amides is 1. The number of benzene rings is 1. The Morgan fingerprint density at radius 2 is 2.26 bits per heavy atom. The van der Waals surface area contributed by atoms with Gasteiger partial charge in [-0.2, -0.15) is 0 Å². The van der Waals surface area contributed by atoms with Gasteiger partial charge >= 0.3 is 0 Å². The Balaban J connectivity index is 1.91. The van der Waals surface area contributed by atoms with E-state index in [0.717, 1.165) is 10.7 Å². The molecule has 0 radical (unpaired) electrons. The molecule has 0 spiro atoms. The van der Waals surface area contributed by atoms with E-state index in [0.29, 0.717) is 22.2 Å². The van der Waals surface area contributed by atoms with Gasteiger partial charge in [0.1, 0.15) is 5.76 Å². The molecule has 4 nitrogen and oxygen atoms in total. The Labute approximate surface area is 120 Å². The second kappa shape index (κ2) is 6.04. The van der Waals surface area contributed by atoms with Crippen molar-refractivity contribution in [2.45, 2.75) is 11.8 Å². The van der Waals surface area contributed by atoms with Crippen LogP contribution in [0, 0.1) is 6.92 Å². The molecule has 1 aromatic heterocycles. The highest BCUT2D eigenvalue weighted by Crippen LogP contribution is 2.24. The van der Waals surface area contributed by atoms with Gasteiger partial charge in [-0.05, 0) is 31.2 Å². The van der Waals surface area contributed by atoms with Crippen molar-refractivity contribution < 1.29 is 9.21 Å². The average Bonchev–Trinajstić information content (AvgIpc) is 2.77. The molecule has 0 aliphatic carbocycles. The summed E-state index contributed by atoms with van der Waals surface area (Å²) in [6.07, 6.45) is 1.61. The lowest BCUT2D eigenvalue weighted by Crippen LogP contribution is -2.14. The summed E-state index contributed by atoms with van der Waals surface area (Å²) < 4.78 is 5.16. The van der Waals surface area contributed by atoms with Crippen LogP contribution in [0.4, 0.5) is 11.4 Å². The van der Waals surface area contributed by atoms with Gasteiger partial charge < -0.3 is 15.5 Å². The summed E-state index contributed by atoms with van der Waals surface area (Å²) in [5.74, 6) is 1.02. The van der Waals surface area contributed by atoms with Crippen LogP contribution in [0.1, 0.15) is 5.76 Å². The number of anilines is 2. The van der Waals surface area contributed by atoms with E-state index in [-0.39, 0.29) is 5.91 Å². The monoisotopic (exact) mass is 296 g/mol. The summed E-state index contributed by atoms with van der Waals surface area (Å²) in [5.41, 5.74) is 6.74. The first-order valence-corrected chi connectivity index (χ1v) is 6.94. The van der Waals surface area contributed by atoms with Gasteiger partial charge in [-0.3, -0.25) is 4.79 Å². The second-order valence-electron chi connectivity index (χ2n) is 3.91. The summed E-state index contributed by atoms with van der Waals surface area (Å²) in [5, 5.41) is 3.24. The predicted octanol–water partition coefficient (Wildman–Crippen LogP) is 3.55. The summed E-state index contributed by atoms with van der Waals surface area (Å²) in [7, 11) is 0. The van der Waals surface area contributed by atoms with Crippen LogP contribution < -0.4 is 11.1 Å². The van der Waals surface area contributed by atoms with Crippen LogP contribution in [-0.4, -0.2) is 11.7 Å². The quantitative estimate of drug-likeness (QED) is 0.669. The molecule has 0 fully saturated rings. The van der Waals surface area contributed by atoms with E-state index in [2.05, 4.69) is 5.32 Å². The lowest BCUT2D eigenvalue weighted by atomic mass is 10.3. The molecule has 0 atom stereocenters. The molecule has 1 amide bonds. The third-order valence-corrected chi connectivity index (χ3v) is 3.94. The molecule has 3 N–H and O–H groups in total. The molecule has 0 unspecified atom stereocenters. The molecule has 0 saturated heterocycles. The molecular formula is C13H13ClN2O2S. The number of rotatable bonds is 4. The fraction of sp³-hybridized carbons (Fsp3) is 0.154. The molecule has 2 aromatic rings. The van der Waals surface area contributed by atoms with Gasteiger partial charge in [0.2, 0.25) is 5.91 Å². The standard InChI is InChI=1S/C13H13ClN2O2S/c1-8-12(4-5-18-8)19-7-13(17)16-9-2-3-10(14)11(15)6-9/h2-6H,7,15H2,1H3,(H,16,17). The van der Waals surface area contributed by atoms with Crippen LogP contribution in [0.2, 0.25) is 5.02 Å². The van der Waals surface area contributed by atoms with E-state index in [1.807, 2.05) is 13.0 Å². The number of nitrogens with one attached hydrogen (secondary N) is 1. The fourth-order valence-corrected chi connectivity index (χ4v) is 2.36. The van der Waals surface area contributed by atoms with Crippen LogP contribution in [0.15, 0.2) is 39.8 Å². The van der Waals surface area contributed by atoms with Crippen molar-refractivity contribution >= 4 is 40.6 Å².